The van der Waals surface area contributed by atoms with Crippen LogP contribution in [0.25, 0.3) is 12.2 Å². The fourth-order valence-corrected chi connectivity index (χ4v) is 1.85. The van der Waals surface area contributed by atoms with E-state index in [-0.39, 0.29) is 0 Å². The minimum absolute atomic E-state index is 0.997. The van der Waals surface area contributed by atoms with Crippen molar-refractivity contribution in [3.05, 3.63) is 109 Å². The molecule has 0 saturated carbocycles. The Hall–Kier alpha value is -2.64. The number of hydrogen-bond acceptors (Lipinski definition) is 1. The molecule has 0 aromatic heterocycles. The average molecular weight is 334 g/mol. The van der Waals surface area contributed by atoms with Gasteiger partial charge in [-0.05, 0) is 37.7 Å². The van der Waals surface area contributed by atoms with Crippen LogP contribution in [0.15, 0.2) is 92.6 Å². The third-order valence-electron chi connectivity index (χ3n) is 3.08. The highest BCUT2D eigenvalue weighted by molar-refractivity contribution is 5.47. The van der Waals surface area contributed by atoms with Crippen LogP contribution in [0, 0.1) is 0 Å². The first kappa shape index (κ1) is 22.4. The van der Waals surface area contributed by atoms with Crippen molar-refractivity contribution in [2.75, 3.05) is 14.1 Å². The van der Waals surface area contributed by atoms with Gasteiger partial charge in [0.1, 0.15) is 0 Å². The van der Waals surface area contributed by atoms with Gasteiger partial charge in [-0.1, -0.05) is 105 Å². The summed E-state index contributed by atoms with van der Waals surface area (Å²) < 4.78 is 0. The highest BCUT2D eigenvalue weighted by Gasteiger charge is 1.93. The molecule has 0 N–H and O–H groups in total. The van der Waals surface area contributed by atoms with Gasteiger partial charge in [-0.15, -0.1) is 0 Å². The SMILES string of the molecule is C=CC=CC.C=Cc1ccc(CN(C)C)cc1.C=Cc1ccccc1. The molecule has 0 saturated heterocycles. The molecule has 1 nitrogen and oxygen atoms in total. The molecular formula is C24H31N. The lowest BCUT2D eigenvalue weighted by atomic mass is 10.1. The Morgan fingerprint density at radius 3 is 1.64 bits per heavy atom. The Morgan fingerprint density at radius 2 is 1.32 bits per heavy atom. The molecule has 2 rings (SSSR count). The van der Waals surface area contributed by atoms with Gasteiger partial charge in [0.05, 0.1) is 0 Å². The van der Waals surface area contributed by atoms with Crippen LogP contribution in [-0.4, -0.2) is 19.0 Å². The molecule has 25 heavy (non-hydrogen) atoms. The van der Waals surface area contributed by atoms with E-state index in [1.807, 2.05) is 61.6 Å². The van der Waals surface area contributed by atoms with Crippen LogP contribution in [-0.2, 0) is 6.54 Å². The highest BCUT2D eigenvalue weighted by Crippen LogP contribution is 2.06. The second-order valence-electron chi connectivity index (χ2n) is 5.56. The Kier molecular flexibility index (Phi) is 13.3. The minimum Gasteiger partial charge on any atom is -0.305 e. The van der Waals surface area contributed by atoms with Crippen molar-refractivity contribution in [2.45, 2.75) is 13.5 Å². The Morgan fingerprint density at radius 1 is 0.800 bits per heavy atom. The van der Waals surface area contributed by atoms with Crippen molar-refractivity contribution in [1.29, 1.82) is 0 Å². The number of benzene rings is 2. The monoisotopic (exact) mass is 333 g/mol. The number of rotatable bonds is 5. The van der Waals surface area contributed by atoms with Crippen LogP contribution in [0.5, 0.6) is 0 Å². The molecule has 1 heteroatoms. The van der Waals surface area contributed by atoms with Crippen LogP contribution < -0.4 is 0 Å². The molecule has 0 unspecified atom stereocenters. The predicted octanol–water partition coefficient (Wildman–Crippen LogP) is 6.47. The molecular weight excluding hydrogens is 302 g/mol. The van der Waals surface area contributed by atoms with E-state index in [4.69, 9.17) is 0 Å². The molecule has 132 valence electrons. The van der Waals surface area contributed by atoms with Gasteiger partial charge in [0.2, 0.25) is 0 Å². The third-order valence-corrected chi connectivity index (χ3v) is 3.08. The lowest BCUT2D eigenvalue weighted by Crippen LogP contribution is -2.10. The molecule has 0 fully saturated rings. The molecule has 0 spiro atoms. The average Bonchev–Trinajstić information content (AvgIpc) is 2.64. The Labute approximate surface area is 154 Å². The van der Waals surface area contributed by atoms with Crippen molar-refractivity contribution >= 4 is 12.2 Å². The lowest BCUT2D eigenvalue weighted by Gasteiger charge is -2.09. The summed E-state index contributed by atoms with van der Waals surface area (Å²) in [5, 5.41) is 0. The summed E-state index contributed by atoms with van der Waals surface area (Å²) in [6.07, 6.45) is 9.27. The summed E-state index contributed by atoms with van der Waals surface area (Å²) >= 11 is 0. The minimum atomic E-state index is 0.997. The molecule has 0 amide bonds. The van der Waals surface area contributed by atoms with Gasteiger partial charge in [0.25, 0.3) is 0 Å². The molecule has 0 radical (unpaired) electrons. The number of hydrogen-bond donors (Lipinski definition) is 0. The van der Waals surface area contributed by atoms with E-state index in [1.54, 1.807) is 6.08 Å². The van der Waals surface area contributed by atoms with Crippen molar-refractivity contribution in [1.82, 2.24) is 4.90 Å². The number of allylic oxidation sites excluding steroid dienone is 3. The smallest absolute Gasteiger partial charge is 0.0227 e. The van der Waals surface area contributed by atoms with Crippen LogP contribution in [0.1, 0.15) is 23.6 Å². The molecule has 0 aliphatic carbocycles. The van der Waals surface area contributed by atoms with E-state index in [2.05, 4.69) is 63.0 Å². The Bertz CT molecular complexity index is 619. The summed E-state index contributed by atoms with van der Waals surface area (Å²) in [5.41, 5.74) is 3.69. The fourth-order valence-electron chi connectivity index (χ4n) is 1.85. The van der Waals surface area contributed by atoms with E-state index in [1.165, 1.54) is 16.7 Å². The van der Waals surface area contributed by atoms with E-state index < -0.39 is 0 Å². The predicted molar refractivity (Wildman–Crippen MR) is 115 cm³/mol. The molecule has 0 heterocycles. The first-order valence-electron chi connectivity index (χ1n) is 8.34. The van der Waals surface area contributed by atoms with Crippen molar-refractivity contribution < 1.29 is 0 Å². The lowest BCUT2D eigenvalue weighted by molar-refractivity contribution is 0.402. The van der Waals surface area contributed by atoms with Crippen LogP contribution in [0.4, 0.5) is 0 Å². The summed E-state index contributed by atoms with van der Waals surface area (Å²) in [6, 6.07) is 18.5. The number of nitrogens with zero attached hydrogens (tertiary/aromatic N) is 1. The summed E-state index contributed by atoms with van der Waals surface area (Å²) in [5.74, 6) is 0. The largest absolute Gasteiger partial charge is 0.305 e. The normalized spacial score (nSPS) is 9.44. The van der Waals surface area contributed by atoms with Crippen LogP contribution in [0.2, 0.25) is 0 Å². The maximum Gasteiger partial charge on any atom is 0.0227 e. The van der Waals surface area contributed by atoms with Crippen molar-refractivity contribution in [3.63, 3.8) is 0 Å². The second kappa shape index (κ2) is 14.9. The highest BCUT2D eigenvalue weighted by atomic mass is 15.0. The summed E-state index contributed by atoms with van der Waals surface area (Å²) in [4.78, 5) is 2.16. The maximum absolute atomic E-state index is 3.71. The summed E-state index contributed by atoms with van der Waals surface area (Å²) in [6.45, 7) is 13.8. The van der Waals surface area contributed by atoms with E-state index >= 15 is 0 Å². The van der Waals surface area contributed by atoms with Gasteiger partial charge in [-0.25, -0.2) is 0 Å². The van der Waals surface area contributed by atoms with Crippen LogP contribution >= 0.6 is 0 Å². The summed E-state index contributed by atoms with van der Waals surface area (Å²) in [7, 11) is 4.14. The van der Waals surface area contributed by atoms with Crippen LogP contribution in [0.3, 0.4) is 0 Å². The standard InChI is InChI=1S/C11H15N.C8H8.C5H8/c1-4-10-5-7-11(8-6-10)9-12(2)3;1-2-8-6-4-3-5-7-8;1-3-5-4-2/h4-8H,1,9H2,2-3H3;2-7H,1H2;3-5H,1H2,2H3. The van der Waals surface area contributed by atoms with E-state index in [9.17, 15) is 0 Å². The molecule has 0 aliphatic heterocycles. The first-order valence-corrected chi connectivity index (χ1v) is 8.34. The zero-order valence-electron chi connectivity index (χ0n) is 15.9. The zero-order chi connectivity index (χ0) is 18.9. The van der Waals surface area contributed by atoms with Crippen molar-refractivity contribution in [2.24, 2.45) is 0 Å². The van der Waals surface area contributed by atoms with E-state index in [0.29, 0.717) is 0 Å². The fraction of sp³-hybridized carbons (Fsp3) is 0.167. The first-order chi connectivity index (χ1) is 12.1. The molecule has 0 atom stereocenters. The third kappa shape index (κ3) is 12.4. The zero-order valence-corrected chi connectivity index (χ0v) is 15.9. The van der Waals surface area contributed by atoms with E-state index in [0.717, 1.165) is 6.54 Å². The van der Waals surface area contributed by atoms with Crippen molar-refractivity contribution in [3.8, 4) is 0 Å². The molecule has 2 aromatic carbocycles. The Balaban J connectivity index is 0.000000382. The van der Waals surface area contributed by atoms with Gasteiger partial charge < -0.3 is 4.90 Å². The van der Waals surface area contributed by atoms with Gasteiger partial charge in [0, 0.05) is 6.54 Å². The molecule has 0 aliphatic rings. The van der Waals surface area contributed by atoms with Gasteiger partial charge in [-0.2, -0.15) is 0 Å². The van der Waals surface area contributed by atoms with Gasteiger partial charge in [-0.3, -0.25) is 0 Å². The van der Waals surface area contributed by atoms with Gasteiger partial charge in [0.15, 0.2) is 0 Å². The second-order valence-corrected chi connectivity index (χ2v) is 5.56. The topological polar surface area (TPSA) is 3.24 Å². The maximum atomic E-state index is 3.71. The molecule has 0 bridgehead atoms. The van der Waals surface area contributed by atoms with Gasteiger partial charge >= 0.3 is 0 Å². The quantitative estimate of drug-likeness (QED) is 0.567. The molecule has 2 aromatic rings.